The quantitative estimate of drug-likeness (QED) is 0.379. The normalized spacial score (nSPS) is 10.6. The number of fused-ring (bicyclic) bond motifs is 1. The maximum Gasteiger partial charge on any atom is 0.310 e. The van der Waals surface area contributed by atoms with Crippen LogP contribution < -0.4 is 5.32 Å². The van der Waals surface area contributed by atoms with Crippen molar-refractivity contribution in [2.75, 3.05) is 11.9 Å². The van der Waals surface area contributed by atoms with Crippen LogP contribution >= 0.6 is 0 Å². The molecule has 8 heteroatoms. The molecular weight excluding hydrogens is 364 g/mol. The second-order valence-electron chi connectivity index (χ2n) is 6.14. The summed E-state index contributed by atoms with van der Waals surface area (Å²) in [6.07, 6.45) is 2.37. The second-order valence-corrected chi connectivity index (χ2v) is 6.14. The van der Waals surface area contributed by atoms with Gasteiger partial charge < -0.3 is 14.5 Å². The van der Waals surface area contributed by atoms with Crippen LogP contribution in [0.15, 0.2) is 53.1 Å². The van der Waals surface area contributed by atoms with Crippen LogP contribution in [0.2, 0.25) is 0 Å². The van der Waals surface area contributed by atoms with E-state index in [1.807, 2.05) is 25.1 Å². The molecule has 0 spiro atoms. The minimum atomic E-state index is -0.585. The maximum absolute atomic E-state index is 12.0. The van der Waals surface area contributed by atoms with Gasteiger partial charge in [0.25, 0.3) is 11.6 Å². The van der Waals surface area contributed by atoms with Crippen LogP contribution in [0.1, 0.15) is 18.1 Å². The molecule has 3 rings (SSSR count). The molecule has 1 N–H and O–H groups in total. The van der Waals surface area contributed by atoms with Crippen molar-refractivity contribution in [3.05, 3.63) is 70.0 Å². The molecule has 0 saturated carbocycles. The van der Waals surface area contributed by atoms with Crippen molar-refractivity contribution in [3.63, 3.8) is 0 Å². The van der Waals surface area contributed by atoms with E-state index in [0.29, 0.717) is 11.1 Å². The number of anilines is 1. The van der Waals surface area contributed by atoms with E-state index in [-0.39, 0.29) is 17.8 Å². The number of non-ortho nitro benzene ring substituents is 1. The van der Waals surface area contributed by atoms with Gasteiger partial charge in [0, 0.05) is 28.8 Å². The molecule has 0 atom stereocenters. The number of ether oxygens (including phenoxy) is 1. The molecule has 1 amide bonds. The Labute approximate surface area is 160 Å². The highest BCUT2D eigenvalue weighted by Gasteiger charge is 2.14. The van der Waals surface area contributed by atoms with E-state index in [4.69, 9.17) is 9.15 Å². The molecule has 0 saturated heterocycles. The Hall–Kier alpha value is -3.68. The predicted octanol–water partition coefficient (Wildman–Crippen LogP) is 3.63. The van der Waals surface area contributed by atoms with Gasteiger partial charge in [-0.1, -0.05) is 25.1 Å². The minimum absolute atomic E-state index is 0.0252. The SMILES string of the molecule is CCc1ccc2c(CC(=O)OCC(=O)Nc3cccc([N+](=O)[O-])c3)coc2c1. The number of hydrogen-bond acceptors (Lipinski definition) is 6. The zero-order chi connectivity index (χ0) is 20.1. The van der Waals surface area contributed by atoms with Gasteiger partial charge in [0.05, 0.1) is 17.6 Å². The molecule has 0 aliphatic carbocycles. The molecule has 0 fully saturated rings. The predicted molar refractivity (Wildman–Crippen MR) is 102 cm³/mol. The van der Waals surface area contributed by atoms with Gasteiger partial charge >= 0.3 is 5.97 Å². The number of benzene rings is 2. The number of esters is 1. The smallest absolute Gasteiger partial charge is 0.310 e. The number of carbonyl (C=O) groups excluding carboxylic acids is 2. The van der Waals surface area contributed by atoms with Crippen molar-refractivity contribution >= 4 is 34.2 Å². The Morgan fingerprint density at radius 2 is 2.04 bits per heavy atom. The number of amides is 1. The lowest BCUT2D eigenvalue weighted by molar-refractivity contribution is -0.384. The molecule has 28 heavy (non-hydrogen) atoms. The number of nitro groups is 1. The zero-order valence-corrected chi connectivity index (χ0v) is 15.1. The van der Waals surface area contributed by atoms with Gasteiger partial charge in [-0.25, -0.2) is 0 Å². The minimum Gasteiger partial charge on any atom is -0.464 e. The average Bonchev–Trinajstić information content (AvgIpc) is 3.08. The van der Waals surface area contributed by atoms with Crippen LogP contribution in [0.4, 0.5) is 11.4 Å². The van der Waals surface area contributed by atoms with E-state index < -0.39 is 23.4 Å². The van der Waals surface area contributed by atoms with Crippen molar-refractivity contribution in [1.29, 1.82) is 0 Å². The summed E-state index contributed by atoms with van der Waals surface area (Å²) in [5, 5.41) is 14.0. The highest BCUT2D eigenvalue weighted by molar-refractivity contribution is 5.93. The lowest BCUT2D eigenvalue weighted by Gasteiger charge is -2.06. The van der Waals surface area contributed by atoms with Crippen LogP contribution in [-0.2, 0) is 27.2 Å². The van der Waals surface area contributed by atoms with E-state index in [2.05, 4.69) is 5.32 Å². The fraction of sp³-hybridized carbons (Fsp3) is 0.200. The van der Waals surface area contributed by atoms with Gasteiger partial charge in [0.2, 0.25) is 0 Å². The third kappa shape index (κ3) is 4.53. The molecule has 0 radical (unpaired) electrons. The highest BCUT2D eigenvalue weighted by Crippen LogP contribution is 2.23. The molecular formula is C20H18N2O6. The first kappa shape index (κ1) is 19.1. The summed E-state index contributed by atoms with van der Waals surface area (Å²) in [6, 6.07) is 11.3. The molecule has 1 heterocycles. The van der Waals surface area contributed by atoms with Crippen molar-refractivity contribution in [2.24, 2.45) is 0 Å². The number of rotatable bonds is 7. The number of nitrogens with one attached hydrogen (secondary N) is 1. The van der Waals surface area contributed by atoms with E-state index in [1.54, 1.807) is 0 Å². The zero-order valence-electron chi connectivity index (χ0n) is 15.1. The second kappa shape index (κ2) is 8.34. The lowest BCUT2D eigenvalue weighted by atomic mass is 10.1. The molecule has 0 aliphatic rings. The topological polar surface area (TPSA) is 112 Å². The van der Waals surface area contributed by atoms with Crippen LogP contribution in [0, 0.1) is 10.1 Å². The summed E-state index contributed by atoms with van der Waals surface area (Å²) in [4.78, 5) is 34.1. The first-order valence-electron chi connectivity index (χ1n) is 8.65. The highest BCUT2D eigenvalue weighted by atomic mass is 16.6. The number of hydrogen-bond donors (Lipinski definition) is 1. The summed E-state index contributed by atoms with van der Waals surface area (Å²) in [5.74, 6) is -1.16. The van der Waals surface area contributed by atoms with E-state index in [1.165, 1.54) is 30.5 Å². The first-order chi connectivity index (χ1) is 13.5. The molecule has 0 unspecified atom stereocenters. The average molecular weight is 382 g/mol. The third-order valence-electron chi connectivity index (χ3n) is 4.17. The Kier molecular flexibility index (Phi) is 5.69. The third-order valence-corrected chi connectivity index (χ3v) is 4.17. The van der Waals surface area contributed by atoms with Gasteiger partial charge in [-0.2, -0.15) is 0 Å². The summed E-state index contributed by atoms with van der Waals surface area (Å²) in [5.41, 5.74) is 2.62. The largest absolute Gasteiger partial charge is 0.464 e. The summed E-state index contributed by atoms with van der Waals surface area (Å²) < 4.78 is 10.5. The van der Waals surface area contributed by atoms with Crippen LogP contribution in [0.5, 0.6) is 0 Å². The maximum atomic E-state index is 12.0. The van der Waals surface area contributed by atoms with Crippen LogP contribution in [0.25, 0.3) is 11.0 Å². The fourth-order valence-corrected chi connectivity index (χ4v) is 2.73. The number of furan rings is 1. The Morgan fingerprint density at radius 1 is 1.21 bits per heavy atom. The van der Waals surface area contributed by atoms with Gasteiger partial charge in [-0.05, 0) is 24.1 Å². The first-order valence-corrected chi connectivity index (χ1v) is 8.65. The van der Waals surface area contributed by atoms with Crippen molar-refractivity contribution < 1.29 is 23.7 Å². The standard InChI is InChI=1S/C20H18N2O6/c1-2-13-6-7-17-14(11-27-18(17)8-13)9-20(24)28-12-19(23)21-15-4-3-5-16(10-15)22(25)26/h3-8,10-11H,2,9,12H2,1H3,(H,21,23). The number of nitrogens with zero attached hydrogens (tertiary/aromatic N) is 1. The van der Waals surface area contributed by atoms with Crippen LogP contribution in [-0.4, -0.2) is 23.4 Å². The molecule has 1 aromatic heterocycles. The molecule has 144 valence electrons. The van der Waals surface area contributed by atoms with Gasteiger partial charge in [0.1, 0.15) is 5.58 Å². The molecule has 0 bridgehead atoms. The summed E-state index contributed by atoms with van der Waals surface area (Å²) >= 11 is 0. The Morgan fingerprint density at radius 3 is 2.79 bits per heavy atom. The molecule has 0 aliphatic heterocycles. The fourth-order valence-electron chi connectivity index (χ4n) is 2.73. The monoisotopic (exact) mass is 382 g/mol. The molecule has 3 aromatic rings. The number of nitro benzene ring substituents is 1. The van der Waals surface area contributed by atoms with Crippen molar-refractivity contribution in [3.8, 4) is 0 Å². The van der Waals surface area contributed by atoms with Crippen molar-refractivity contribution in [1.82, 2.24) is 0 Å². The van der Waals surface area contributed by atoms with Gasteiger partial charge in [0.15, 0.2) is 6.61 Å². The molecule has 8 nitrogen and oxygen atoms in total. The number of carbonyl (C=O) groups is 2. The summed E-state index contributed by atoms with van der Waals surface area (Å²) in [7, 11) is 0. The van der Waals surface area contributed by atoms with E-state index in [0.717, 1.165) is 17.4 Å². The number of aryl methyl sites for hydroxylation is 1. The van der Waals surface area contributed by atoms with Crippen molar-refractivity contribution in [2.45, 2.75) is 19.8 Å². The van der Waals surface area contributed by atoms with E-state index >= 15 is 0 Å². The lowest BCUT2D eigenvalue weighted by Crippen LogP contribution is -2.21. The summed E-state index contributed by atoms with van der Waals surface area (Å²) in [6.45, 7) is 1.55. The van der Waals surface area contributed by atoms with Crippen LogP contribution in [0.3, 0.4) is 0 Å². The molecule has 2 aromatic carbocycles. The van der Waals surface area contributed by atoms with Gasteiger partial charge in [-0.15, -0.1) is 0 Å². The van der Waals surface area contributed by atoms with Gasteiger partial charge in [-0.3, -0.25) is 19.7 Å². The Balaban J connectivity index is 1.55. The van der Waals surface area contributed by atoms with E-state index in [9.17, 15) is 19.7 Å². The Bertz CT molecular complexity index is 1040.